The first-order valence-corrected chi connectivity index (χ1v) is 8.77. The summed E-state index contributed by atoms with van der Waals surface area (Å²) < 4.78 is 16.2. The first kappa shape index (κ1) is 20.6. The van der Waals surface area contributed by atoms with Gasteiger partial charge in [0.05, 0.1) is 33.8 Å². The highest BCUT2D eigenvalue weighted by Crippen LogP contribution is 2.39. The molecule has 0 aliphatic heterocycles. The number of hydrogen-bond donors (Lipinski definition) is 1. The van der Waals surface area contributed by atoms with Gasteiger partial charge in [-0.3, -0.25) is 4.79 Å². The Hall–Kier alpha value is -2.73. The number of carbonyl (C=O) groups is 1. The van der Waals surface area contributed by atoms with Crippen LogP contribution in [0.25, 0.3) is 0 Å². The standard InChI is InChI=1S/C21H28N2O4/c1-23(2)14-17(15-9-7-6-8-10-15)22-19(24)13-16-11-12-18(25-3)21(27-5)20(16)26-4/h6-12,17H,13-14H2,1-5H3,(H,22,24)/t17-/m1/s1. The monoisotopic (exact) mass is 372 g/mol. The van der Waals surface area contributed by atoms with Crippen molar-refractivity contribution in [2.24, 2.45) is 0 Å². The smallest absolute Gasteiger partial charge is 0.225 e. The zero-order chi connectivity index (χ0) is 19.8. The van der Waals surface area contributed by atoms with Gasteiger partial charge in [-0.25, -0.2) is 0 Å². The van der Waals surface area contributed by atoms with E-state index in [2.05, 4.69) is 10.2 Å². The summed E-state index contributed by atoms with van der Waals surface area (Å²) >= 11 is 0. The highest BCUT2D eigenvalue weighted by molar-refractivity contribution is 5.80. The summed E-state index contributed by atoms with van der Waals surface area (Å²) in [6.07, 6.45) is 0.181. The lowest BCUT2D eigenvalue weighted by Gasteiger charge is -2.23. The largest absolute Gasteiger partial charge is 0.493 e. The molecule has 2 aromatic carbocycles. The molecule has 2 aromatic rings. The fraction of sp³-hybridized carbons (Fsp3) is 0.381. The van der Waals surface area contributed by atoms with Gasteiger partial charge in [0, 0.05) is 12.1 Å². The van der Waals surface area contributed by atoms with Gasteiger partial charge in [0.15, 0.2) is 11.5 Å². The predicted octanol–water partition coefficient (Wildman–Crippen LogP) is 2.67. The van der Waals surface area contributed by atoms with Crippen LogP contribution in [0.3, 0.4) is 0 Å². The lowest BCUT2D eigenvalue weighted by molar-refractivity contribution is -0.121. The van der Waals surface area contributed by atoms with E-state index >= 15 is 0 Å². The van der Waals surface area contributed by atoms with Gasteiger partial charge < -0.3 is 24.4 Å². The zero-order valence-corrected chi connectivity index (χ0v) is 16.6. The minimum Gasteiger partial charge on any atom is -0.493 e. The third kappa shape index (κ3) is 5.37. The highest BCUT2D eigenvalue weighted by Gasteiger charge is 2.20. The molecule has 0 spiro atoms. The lowest BCUT2D eigenvalue weighted by Crippen LogP contribution is -2.36. The predicted molar refractivity (Wildman–Crippen MR) is 106 cm³/mol. The molecule has 6 nitrogen and oxygen atoms in total. The minimum absolute atomic E-state index is 0.0868. The summed E-state index contributed by atoms with van der Waals surface area (Å²) in [6.45, 7) is 0.707. The van der Waals surface area contributed by atoms with Crippen LogP contribution < -0.4 is 19.5 Å². The maximum absolute atomic E-state index is 12.7. The normalized spacial score (nSPS) is 11.8. The Kier molecular flexibility index (Phi) is 7.49. The molecule has 0 unspecified atom stereocenters. The molecule has 1 N–H and O–H groups in total. The van der Waals surface area contributed by atoms with Crippen molar-refractivity contribution >= 4 is 5.91 Å². The number of nitrogens with one attached hydrogen (secondary N) is 1. The van der Waals surface area contributed by atoms with Crippen LogP contribution in [0.4, 0.5) is 0 Å². The van der Waals surface area contributed by atoms with Crippen molar-refractivity contribution in [3.8, 4) is 17.2 Å². The number of benzene rings is 2. The topological polar surface area (TPSA) is 60.0 Å². The molecule has 0 heterocycles. The van der Waals surface area contributed by atoms with Gasteiger partial charge in [-0.2, -0.15) is 0 Å². The zero-order valence-electron chi connectivity index (χ0n) is 16.6. The van der Waals surface area contributed by atoms with Crippen LogP contribution in [-0.2, 0) is 11.2 Å². The molecule has 0 aliphatic rings. The highest BCUT2D eigenvalue weighted by atomic mass is 16.5. The summed E-state index contributed by atoms with van der Waals surface area (Å²) in [6, 6.07) is 13.5. The molecule has 2 rings (SSSR count). The lowest BCUT2D eigenvalue weighted by atomic mass is 10.0. The molecule has 0 aliphatic carbocycles. The Morgan fingerprint density at radius 3 is 2.19 bits per heavy atom. The third-order valence-corrected chi connectivity index (χ3v) is 4.22. The van der Waals surface area contributed by atoms with Crippen LogP contribution in [0.1, 0.15) is 17.2 Å². The van der Waals surface area contributed by atoms with E-state index in [1.54, 1.807) is 27.4 Å². The van der Waals surface area contributed by atoms with Crippen molar-refractivity contribution in [2.75, 3.05) is 42.0 Å². The van der Waals surface area contributed by atoms with E-state index in [1.807, 2.05) is 50.5 Å². The fourth-order valence-electron chi connectivity index (χ4n) is 3.01. The molecule has 0 fully saturated rings. The molecule has 146 valence electrons. The molecule has 0 saturated carbocycles. The molecule has 0 bridgehead atoms. The molecular formula is C21H28N2O4. The van der Waals surface area contributed by atoms with Crippen molar-refractivity contribution in [1.82, 2.24) is 10.2 Å². The molecule has 6 heteroatoms. The van der Waals surface area contributed by atoms with E-state index in [1.165, 1.54) is 0 Å². The quantitative estimate of drug-likeness (QED) is 0.733. The van der Waals surface area contributed by atoms with Crippen molar-refractivity contribution < 1.29 is 19.0 Å². The molecule has 0 aromatic heterocycles. The molecule has 0 saturated heterocycles. The van der Waals surface area contributed by atoms with Crippen molar-refractivity contribution in [2.45, 2.75) is 12.5 Å². The van der Waals surface area contributed by atoms with Gasteiger partial charge in [-0.1, -0.05) is 36.4 Å². The summed E-state index contributed by atoms with van der Waals surface area (Å²) in [7, 11) is 8.64. The van der Waals surface area contributed by atoms with Gasteiger partial charge in [0.2, 0.25) is 11.7 Å². The van der Waals surface area contributed by atoms with Gasteiger partial charge >= 0.3 is 0 Å². The molecule has 1 atom stereocenters. The second-order valence-corrected chi connectivity index (χ2v) is 6.46. The van der Waals surface area contributed by atoms with E-state index in [-0.39, 0.29) is 18.4 Å². The second kappa shape index (κ2) is 9.83. The Morgan fingerprint density at radius 2 is 1.63 bits per heavy atom. The maximum atomic E-state index is 12.7. The van der Waals surface area contributed by atoms with Gasteiger partial charge in [0.1, 0.15) is 0 Å². The van der Waals surface area contributed by atoms with E-state index < -0.39 is 0 Å². The first-order chi connectivity index (χ1) is 13.0. The minimum atomic E-state index is -0.0974. The van der Waals surface area contributed by atoms with Crippen LogP contribution in [0, 0.1) is 0 Å². The van der Waals surface area contributed by atoms with Crippen LogP contribution in [0.15, 0.2) is 42.5 Å². The molecule has 0 radical (unpaired) electrons. The van der Waals surface area contributed by atoms with Crippen LogP contribution in [-0.4, -0.2) is 52.8 Å². The van der Waals surface area contributed by atoms with Gasteiger partial charge in [-0.05, 0) is 25.7 Å². The van der Waals surface area contributed by atoms with Crippen LogP contribution in [0.5, 0.6) is 17.2 Å². The van der Waals surface area contributed by atoms with E-state index in [0.717, 1.165) is 11.1 Å². The number of ether oxygens (including phenoxy) is 3. The van der Waals surface area contributed by atoms with Crippen molar-refractivity contribution in [3.05, 3.63) is 53.6 Å². The number of rotatable bonds is 9. The molecule has 27 heavy (non-hydrogen) atoms. The van der Waals surface area contributed by atoms with E-state index in [0.29, 0.717) is 23.8 Å². The number of nitrogens with zero attached hydrogens (tertiary/aromatic N) is 1. The summed E-state index contributed by atoms with van der Waals surface area (Å²) in [5.74, 6) is 1.47. The maximum Gasteiger partial charge on any atom is 0.225 e. The van der Waals surface area contributed by atoms with Crippen LogP contribution >= 0.6 is 0 Å². The SMILES string of the molecule is COc1ccc(CC(=O)N[C@H](CN(C)C)c2ccccc2)c(OC)c1OC. The Labute approximate surface area is 161 Å². The summed E-state index contributed by atoms with van der Waals surface area (Å²) in [4.78, 5) is 14.8. The van der Waals surface area contributed by atoms with Crippen LogP contribution in [0.2, 0.25) is 0 Å². The Balaban J connectivity index is 2.20. The van der Waals surface area contributed by atoms with Crippen molar-refractivity contribution in [3.63, 3.8) is 0 Å². The number of methoxy groups -OCH3 is 3. The average molecular weight is 372 g/mol. The fourth-order valence-corrected chi connectivity index (χ4v) is 3.01. The molecular weight excluding hydrogens is 344 g/mol. The summed E-state index contributed by atoms with van der Waals surface area (Å²) in [5, 5.41) is 3.12. The number of likely N-dealkylation sites (N-methyl/N-ethyl adjacent to an activating group) is 1. The van der Waals surface area contributed by atoms with E-state index in [4.69, 9.17) is 14.2 Å². The average Bonchev–Trinajstić information content (AvgIpc) is 2.67. The van der Waals surface area contributed by atoms with Crippen molar-refractivity contribution in [1.29, 1.82) is 0 Å². The summed E-state index contributed by atoms with van der Waals surface area (Å²) in [5.41, 5.74) is 1.81. The van der Waals surface area contributed by atoms with E-state index in [9.17, 15) is 4.79 Å². The first-order valence-electron chi connectivity index (χ1n) is 8.77. The number of hydrogen-bond acceptors (Lipinski definition) is 5. The Morgan fingerprint density at radius 1 is 0.963 bits per heavy atom. The van der Waals surface area contributed by atoms with Gasteiger partial charge in [0.25, 0.3) is 0 Å². The second-order valence-electron chi connectivity index (χ2n) is 6.46. The van der Waals surface area contributed by atoms with Gasteiger partial charge in [-0.15, -0.1) is 0 Å². The Bertz CT molecular complexity index is 747. The molecule has 1 amide bonds. The third-order valence-electron chi connectivity index (χ3n) is 4.22. The number of carbonyl (C=O) groups excluding carboxylic acids is 1. The number of amides is 1.